The molecule has 1 amide bonds. The van der Waals surface area contributed by atoms with E-state index < -0.39 is 10.0 Å². The molecule has 0 saturated carbocycles. The number of hydrogen-bond donors (Lipinski definition) is 1. The number of sulfonamides is 1. The highest BCUT2D eigenvalue weighted by Gasteiger charge is 2.20. The molecule has 0 radical (unpaired) electrons. The fourth-order valence-corrected chi connectivity index (χ4v) is 3.36. The van der Waals surface area contributed by atoms with Crippen molar-refractivity contribution in [1.82, 2.24) is 14.3 Å². The number of ether oxygens (including phenoxy) is 1. The lowest BCUT2D eigenvalue weighted by Crippen LogP contribution is -2.22. The Hall–Kier alpha value is -2.17. The first-order valence-electron chi connectivity index (χ1n) is 7.15. The molecule has 10 heteroatoms. The molecular weight excluding hydrogens is 364 g/mol. The zero-order valence-electron chi connectivity index (χ0n) is 14.0. The van der Waals surface area contributed by atoms with Crippen LogP contribution in [0.4, 0.5) is 5.69 Å². The number of carbonyl (C=O) groups is 1. The first-order chi connectivity index (χ1) is 11.8. The molecule has 2 rings (SSSR count). The molecular formula is C15H18N4O4S2. The van der Waals surface area contributed by atoms with E-state index in [1.54, 1.807) is 18.5 Å². The molecule has 0 aliphatic heterocycles. The maximum absolute atomic E-state index is 12.2. The highest BCUT2D eigenvalue weighted by Crippen LogP contribution is 2.28. The predicted molar refractivity (Wildman–Crippen MR) is 95.3 cm³/mol. The molecule has 1 N–H and O–H groups in total. The monoisotopic (exact) mass is 382 g/mol. The third-order valence-electron chi connectivity index (χ3n) is 3.10. The quantitative estimate of drug-likeness (QED) is 0.571. The molecule has 134 valence electrons. The number of amides is 1. The van der Waals surface area contributed by atoms with Gasteiger partial charge in [0.2, 0.25) is 15.9 Å². The third kappa shape index (κ3) is 4.91. The smallest absolute Gasteiger partial charge is 0.242 e. The van der Waals surface area contributed by atoms with Gasteiger partial charge in [0.25, 0.3) is 0 Å². The molecule has 2 aromatic rings. The van der Waals surface area contributed by atoms with E-state index in [2.05, 4.69) is 15.3 Å². The van der Waals surface area contributed by atoms with E-state index in [1.807, 2.05) is 0 Å². The second kappa shape index (κ2) is 8.28. The van der Waals surface area contributed by atoms with Crippen LogP contribution in [-0.4, -0.2) is 55.6 Å². The van der Waals surface area contributed by atoms with Crippen molar-refractivity contribution in [3.05, 3.63) is 36.7 Å². The first kappa shape index (κ1) is 19.2. The lowest BCUT2D eigenvalue weighted by atomic mass is 10.3. The molecule has 0 unspecified atom stereocenters. The van der Waals surface area contributed by atoms with Crippen molar-refractivity contribution in [2.24, 2.45) is 0 Å². The minimum atomic E-state index is -3.61. The summed E-state index contributed by atoms with van der Waals surface area (Å²) in [6.45, 7) is 0. The van der Waals surface area contributed by atoms with Crippen molar-refractivity contribution in [3.8, 4) is 5.75 Å². The van der Waals surface area contributed by atoms with Gasteiger partial charge < -0.3 is 10.1 Å². The van der Waals surface area contributed by atoms with Gasteiger partial charge in [-0.05, 0) is 24.3 Å². The fourth-order valence-electron chi connectivity index (χ4n) is 1.83. The maximum atomic E-state index is 12.2. The number of rotatable bonds is 7. The number of carbonyl (C=O) groups excluding carboxylic acids is 1. The SMILES string of the molecule is COc1ccc(S(=O)(=O)N(C)C)cc1NC(=O)CSc1ncccn1. The van der Waals surface area contributed by atoms with Gasteiger partial charge in [-0.25, -0.2) is 22.7 Å². The Morgan fingerprint density at radius 2 is 1.96 bits per heavy atom. The zero-order valence-corrected chi connectivity index (χ0v) is 15.6. The minimum Gasteiger partial charge on any atom is -0.495 e. The third-order valence-corrected chi connectivity index (χ3v) is 5.78. The zero-order chi connectivity index (χ0) is 18.4. The second-order valence-corrected chi connectivity index (χ2v) is 8.11. The molecule has 25 heavy (non-hydrogen) atoms. The summed E-state index contributed by atoms with van der Waals surface area (Å²) in [4.78, 5) is 20.2. The van der Waals surface area contributed by atoms with Gasteiger partial charge in [-0.3, -0.25) is 4.79 Å². The van der Waals surface area contributed by atoms with Crippen LogP contribution < -0.4 is 10.1 Å². The number of nitrogens with one attached hydrogen (secondary N) is 1. The summed E-state index contributed by atoms with van der Waals surface area (Å²) in [6.07, 6.45) is 3.18. The summed E-state index contributed by atoms with van der Waals surface area (Å²) in [5.74, 6) is 0.125. The average Bonchev–Trinajstić information content (AvgIpc) is 2.60. The Balaban J connectivity index is 2.15. The van der Waals surface area contributed by atoms with Crippen molar-refractivity contribution in [2.45, 2.75) is 10.1 Å². The first-order valence-corrected chi connectivity index (χ1v) is 9.57. The van der Waals surface area contributed by atoms with Gasteiger partial charge >= 0.3 is 0 Å². The van der Waals surface area contributed by atoms with Crippen LogP contribution in [0.1, 0.15) is 0 Å². The predicted octanol–water partition coefficient (Wildman–Crippen LogP) is 1.47. The van der Waals surface area contributed by atoms with Crippen molar-refractivity contribution >= 4 is 33.4 Å². The van der Waals surface area contributed by atoms with E-state index in [-0.39, 0.29) is 22.2 Å². The van der Waals surface area contributed by atoms with E-state index in [0.29, 0.717) is 10.9 Å². The molecule has 0 spiro atoms. The van der Waals surface area contributed by atoms with Crippen LogP contribution in [0.3, 0.4) is 0 Å². The number of aromatic nitrogens is 2. The van der Waals surface area contributed by atoms with Gasteiger partial charge in [0.15, 0.2) is 5.16 Å². The minimum absolute atomic E-state index is 0.0626. The number of thioether (sulfide) groups is 1. The second-order valence-electron chi connectivity index (χ2n) is 5.02. The number of benzene rings is 1. The van der Waals surface area contributed by atoms with Crippen LogP contribution in [0, 0.1) is 0 Å². The number of nitrogens with zero attached hydrogens (tertiary/aromatic N) is 3. The molecule has 1 aromatic heterocycles. The molecule has 0 bridgehead atoms. The molecule has 0 fully saturated rings. The largest absolute Gasteiger partial charge is 0.495 e. The van der Waals surface area contributed by atoms with Crippen LogP contribution in [0.25, 0.3) is 0 Å². The summed E-state index contributed by atoms with van der Waals surface area (Å²) in [6, 6.07) is 5.98. The molecule has 0 aliphatic carbocycles. The van der Waals surface area contributed by atoms with Crippen LogP contribution in [0.5, 0.6) is 5.75 Å². The topological polar surface area (TPSA) is 101 Å². The molecule has 0 saturated heterocycles. The lowest BCUT2D eigenvalue weighted by molar-refractivity contribution is -0.113. The van der Waals surface area contributed by atoms with Gasteiger partial charge in [0, 0.05) is 26.5 Å². The van der Waals surface area contributed by atoms with Crippen LogP contribution >= 0.6 is 11.8 Å². The van der Waals surface area contributed by atoms with E-state index >= 15 is 0 Å². The van der Waals surface area contributed by atoms with Crippen molar-refractivity contribution in [2.75, 3.05) is 32.3 Å². The number of hydrogen-bond acceptors (Lipinski definition) is 7. The Labute approximate surface area is 150 Å². The molecule has 1 aromatic carbocycles. The maximum Gasteiger partial charge on any atom is 0.242 e. The standard InChI is InChI=1S/C15H18N4O4S2/c1-19(2)25(21,22)11-5-6-13(23-3)12(9-11)18-14(20)10-24-15-16-7-4-8-17-15/h4-9H,10H2,1-3H3,(H,18,20). The van der Waals surface area contributed by atoms with Crippen LogP contribution in [-0.2, 0) is 14.8 Å². The van der Waals surface area contributed by atoms with E-state index in [9.17, 15) is 13.2 Å². The lowest BCUT2D eigenvalue weighted by Gasteiger charge is -2.15. The summed E-state index contributed by atoms with van der Waals surface area (Å²) in [5, 5.41) is 3.14. The molecule has 1 heterocycles. The van der Waals surface area contributed by atoms with Gasteiger partial charge in [-0.2, -0.15) is 0 Å². The Morgan fingerprint density at radius 3 is 2.56 bits per heavy atom. The summed E-state index contributed by atoms with van der Waals surface area (Å²) < 4.78 is 30.7. The summed E-state index contributed by atoms with van der Waals surface area (Å²) in [7, 11) is 0.706. The Morgan fingerprint density at radius 1 is 1.28 bits per heavy atom. The fraction of sp³-hybridized carbons (Fsp3) is 0.267. The van der Waals surface area contributed by atoms with Gasteiger partial charge in [0.05, 0.1) is 23.4 Å². The van der Waals surface area contributed by atoms with Crippen molar-refractivity contribution in [3.63, 3.8) is 0 Å². The highest BCUT2D eigenvalue weighted by molar-refractivity contribution is 7.99. The Kier molecular flexibility index (Phi) is 6.34. The normalized spacial score (nSPS) is 11.4. The van der Waals surface area contributed by atoms with E-state index in [0.717, 1.165) is 4.31 Å². The van der Waals surface area contributed by atoms with Crippen LogP contribution in [0.15, 0.2) is 46.7 Å². The molecule has 8 nitrogen and oxygen atoms in total. The number of anilines is 1. The van der Waals surface area contributed by atoms with Gasteiger partial charge in [0.1, 0.15) is 5.75 Å². The highest BCUT2D eigenvalue weighted by atomic mass is 32.2. The van der Waals surface area contributed by atoms with E-state index in [4.69, 9.17) is 4.74 Å². The van der Waals surface area contributed by atoms with E-state index in [1.165, 1.54) is 51.2 Å². The molecule has 0 aliphatic rings. The molecule has 0 atom stereocenters. The Bertz CT molecular complexity index is 842. The van der Waals surface area contributed by atoms with Gasteiger partial charge in [-0.15, -0.1) is 0 Å². The average molecular weight is 382 g/mol. The summed E-state index contributed by atoms with van der Waals surface area (Å²) in [5.41, 5.74) is 0.282. The van der Waals surface area contributed by atoms with Crippen molar-refractivity contribution in [1.29, 1.82) is 0 Å². The van der Waals surface area contributed by atoms with Crippen LogP contribution in [0.2, 0.25) is 0 Å². The van der Waals surface area contributed by atoms with Gasteiger partial charge in [-0.1, -0.05) is 11.8 Å². The van der Waals surface area contributed by atoms with Crippen molar-refractivity contribution < 1.29 is 17.9 Å². The summed E-state index contributed by atoms with van der Waals surface area (Å²) >= 11 is 1.17. The number of methoxy groups -OCH3 is 1.